The van der Waals surface area contributed by atoms with Crippen molar-refractivity contribution in [1.29, 1.82) is 0 Å². The first-order valence-electron chi connectivity index (χ1n) is 12.9. The highest BCUT2D eigenvalue weighted by Gasteiger charge is 2.51. The van der Waals surface area contributed by atoms with Gasteiger partial charge in [0.05, 0.1) is 12.0 Å². The normalized spacial score (nSPS) is 25.0. The number of carboxylic acid groups (broad SMARTS) is 1. The summed E-state index contributed by atoms with van der Waals surface area (Å²) in [6, 6.07) is 14.1. The molecule has 4 aliphatic rings. The largest absolute Gasteiger partial charge is 0.481 e. The lowest BCUT2D eigenvalue weighted by atomic mass is 9.80. The molecule has 1 saturated heterocycles. The Hall–Kier alpha value is -2.43. The molecule has 0 radical (unpaired) electrons. The number of likely N-dealkylation sites (tertiary alicyclic amines) is 1. The van der Waals surface area contributed by atoms with Gasteiger partial charge < -0.3 is 14.7 Å². The molecule has 1 heterocycles. The van der Waals surface area contributed by atoms with Crippen molar-refractivity contribution < 1.29 is 14.6 Å². The van der Waals surface area contributed by atoms with E-state index in [1.54, 1.807) is 12.7 Å². The number of piperidine rings is 1. The molecule has 2 unspecified atom stereocenters. The van der Waals surface area contributed by atoms with Gasteiger partial charge in [0.25, 0.3) is 0 Å². The summed E-state index contributed by atoms with van der Waals surface area (Å²) >= 11 is 0. The topological polar surface area (TPSA) is 49.8 Å². The van der Waals surface area contributed by atoms with Crippen LogP contribution in [-0.4, -0.2) is 42.7 Å². The summed E-state index contributed by atoms with van der Waals surface area (Å²) in [4.78, 5) is 14.1. The number of methoxy groups -OCH3 is 1. The van der Waals surface area contributed by atoms with Crippen LogP contribution >= 0.6 is 0 Å². The Morgan fingerprint density at radius 2 is 1.91 bits per heavy atom. The van der Waals surface area contributed by atoms with Gasteiger partial charge in [0, 0.05) is 26.7 Å². The van der Waals surface area contributed by atoms with Gasteiger partial charge in [-0.25, -0.2) is 0 Å². The molecule has 0 spiro atoms. The number of aryl methyl sites for hydroxylation is 1. The second kappa shape index (κ2) is 8.35. The Kier molecular flexibility index (Phi) is 5.42. The quantitative estimate of drug-likeness (QED) is 0.638. The lowest BCUT2D eigenvalue weighted by Crippen LogP contribution is -2.38. The Balaban J connectivity index is 1.40. The van der Waals surface area contributed by atoms with Gasteiger partial charge in [-0.05, 0) is 90.7 Å². The molecule has 1 N–H and O–H groups in total. The molecule has 0 amide bonds. The molecule has 34 heavy (non-hydrogen) atoms. The average molecular weight is 458 g/mol. The molecule has 178 valence electrons. The number of carboxylic acids is 1. The summed E-state index contributed by atoms with van der Waals surface area (Å²) in [6.07, 6.45) is 6.14. The Morgan fingerprint density at radius 1 is 1.12 bits per heavy atom. The van der Waals surface area contributed by atoms with Gasteiger partial charge in [-0.3, -0.25) is 4.79 Å². The van der Waals surface area contributed by atoms with Crippen LogP contribution in [0, 0.1) is 18.3 Å². The van der Waals surface area contributed by atoms with E-state index < -0.39 is 11.4 Å². The van der Waals surface area contributed by atoms with Gasteiger partial charge in [0.15, 0.2) is 0 Å². The van der Waals surface area contributed by atoms with Crippen LogP contribution < -0.4 is 0 Å². The molecular formula is C30H35NO3. The maximum Gasteiger partial charge on any atom is 0.310 e. The first-order chi connectivity index (χ1) is 16.5. The van der Waals surface area contributed by atoms with Crippen molar-refractivity contribution in [3.8, 4) is 0 Å². The van der Waals surface area contributed by atoms with Crippen molar-refractivity contribution in [2.75, 3.05) is 26.7 Å². The van der Waals surface area contributed by atoms with E-state index in [0.29, 0.717) is 19.1 Å². The van der Waals surface area contributed by atoms with Crippen molar-refractivity contribution >= 4 is 11.5 Å². The van der Waals surface area contributed by atoms with E-state index in [2.05, 4.69) is 48.2 Å². The standard InChI is InChI=1S/C30H35NO3/c1-19-3-5-25-26-16-23(26)15-22-14-20(17-34-2)4-6-24(22)28(27(25)13-19)21-7-11-31(12-8-21)18-30(9-10-30)29(32)33/h3-6,13-14,23,26H,7-12,15-18H2,1-2H3,(H,32,33). The summed E-state index contributed by atoms with van der Waals surface area (Å²) in [5, 5.41) is 9.64. The van der Waals surface area contributed by atoms with Crippen LogP contribution in [0.25, 0.3) is 5.57 Å². The van der Waals surface area contributed by atoms with Gasteiger partial charge in [-0.2, -0.15) is 0 Å². The Labute approximate surface area is 202 Å². The Morgan fingerprint density at radius 3 is 2.62 bits per heavy atom. The molecule has 3 fully saturated rings. The van der Waals surface area contributed by atoms with E-state index in [1.165, 1.54) is 45.4 Å². The summed E-state index contributed by atoms with van der Waals surface area (Å²) in [5.74, 6) is 0.814. The molecule has 0 bridgehead atoms. The number of hydrogen-bond acceptors (Lipinski definition) is 3. The van der Waals surface area contributed by atoms with E-state index in [9.17, 15) is 9.90 Å². The van der Waals surface area contributed by atoms with Crippen molar-refractivity contribution in [1.82, 2.24) is 4.90 Å². The zero-order valence-electron chi connectivity index (χ0n) is 20.4. The predicted octanol–water partition coefficient (Wildman–Crippen LogP) is 5.56. The first-order valence-corrected chi connectivity index (χ1v) is 12.9. The second-order valence-corrected chi connectivity index (χ2v) is 11.2. The van der Waals surface area contributed by atoms with Gasteiger partial charge in [0.1, 0.15) is 0 Å². The minimum atomic E-state index is -0.610. The van der Waals surface area contributed by atoms with Crippen molar-refractivity contribution in [2.24, 2.45) is 11.3 Å². The average Bonchev–Trinajstić information content (AvgIpc) is 3.74. The number of ether oxygens (including phenoxy) is 1. The van der Waals surface area contributed by atoms with E-state index >= 15 is 0 Å². The molecule has 4 nitrogen and oxygen atoms in total. The van der Waals surface area contributed by atoms with Crippen molar-refractivity contribution in [3.63, 3.8) is 0 Å². The van der Waals surface area contributed by atoms with E-state index in [4.69, 9.17) is 4.74 Å². The minimum Gasteiger partial charge on any atom is -0.481 e. The molecule has 2 atom stereocenters. The zero-order valence-corrected chi connectivity index (χ0v) is 20.4. The number of carbonyl (C=O) groups is 1. The van der Waals surface area contributed by atoms with Crippen LogP contribution in [0.2, 0.25) is 0 Å². The number of benzene rings is 2. The number of hydrogen-bond donors (Lipinski definition) is 1. The van der Waals surface area contributed by atoms with Crippen LogP contribution in [-0.2, 0) is 22.6 Å². The first kappa shape index (κ1) is 22.1. The van der Waals surface area contributed by atoms with Crippen LogP contribution in [0.1, 0.15) is 71.4 Å². The zero-order chi connectivity index (χ0) is 23.4. The third-order valence-electron chi connectivity index (χ3n) is 8.68. The Bertz CT molecular complexity index is 1170. The molecule has 4 heteroatoms. The molecule has 0 aromatic heterocycles. The fraction of sp³-hybridized carbons (Fsp3) is 0.500. The summed E-state index contributed by atoms with van der Waals surface area (Å²) < 4.78 is 5.44. The predicted molar refractivity (Wildman–Crippen MR) is 134 cm³/mol. The lowest BCUT2D eigenvalue weighted by molar-refractivity contribution is -0.144. The summed E-state index contributed by atoms with van der Waals surface area (Å²) in [5.41, 5.74) is 11.0. The summed E-state index contributed by atoms with van der Waals surface area (Å²) in [6.45, 7) is 5.48. The molecule has 2 aromatic rings. The van der Waals surface area contributed by atoms with Gasteiger partial charge in [-0.15, -0.1) is 0 Å². The number of nitrogens with zero attached hydrogens (tertiary/aromatic N) is 1. The molecule has 1 aliphatic heterocycles. The monoisotopic (exact) mass is 457 g/mol. The molecule has 3 aliphatic carbocycles. The van der Waals surface area contributed by atoms with E-state index in [0.717, 1.165) is 51.1 Å². The molecule has 6 rings (SSSR count). The highest BCUT2D eigenvalue weighted by atomic mass is 16.5. The van der Waals surface area contributed by atoms with Gasteiger partial charge in [-0.1, -0.05) is 47.5 Å². The SMILES string of the molecule is COCc1ccc2c(c1)CC1CC1c1ccc(C)cc1C2=C1CCN(CC2(C(=O)O)CC2)CC1. The summed E-state index contributed by atoms with van der Waals surface area (Å²) in [7, 11) is 1.77. The van der Waals surface area contributed by atoms with E-state index in [-0.39, 0.29) is 0 Å². The van der Waals surface area contributed by atoms with Gasteiger partial charge >= 0.3 is 5.97 Å². The lowest BCUT2D eigenvalue weighted by Gasteiger charge is -2.33. The second-order valence-electron chi connectivity index (χ2n) is 11.2. The molecule has 2 aromatic carbocycles. The smallest absolute Gasteiger partial charge is 0.310 e. The number of rotatable bonds is 5. The van der Waals surface area contributed by atoms with Crippen LogP contribution in [0.4, 0.5) is 0 Å². The van der Waals surface area contributed by atoms with E-state index in [1.807, 2.05) is 0 Å². The third kappa shape index (κ3) is 3.91. The third-order valence-corrected chi connectivity index (χ3v) is 8.68. The maximum absolute atomic E-state index is 11.7. The van der Waals surface area contributed by atoms with Crippen LogP contribution in [0.5, 0.6) is 0 Å². The fourth-order valence-electron chi connectivity index (χ4n) is 6.44. The minimum absolute atomic E-state index is 0.472. The number of fused-ring (bicyclic) bond motifs is 4. The van der Waals surface area contributed by atoms with Gasteiger partial charge in [0.2, 0.25) is 0 Å². The highest BCUT2D eigenvalue weighted by molar-refractivity contribution is 5.86. The number of aliphatic carboxylic acids is 1. The highest BCUT2D eigenvalue weighted by Crippen LogP contribution is 2.55. The van der Waals surface area contributed by atoms with Crippen LogP contribution in [0.3, 0.4) is 0 Å². The van der Waals surface area contributed by atoms with Crippen molar-refractivity contribution in [2.45, 2.75) is 58.0 Å². The van der Waals surface area contributed by atoms with Crippen molar-refractivity contribution in [3.05, 3.63) is 75.4 Å². The molecular weight excluding hydrogens is 422 g/mol. The fourth-order valence-corrected chi connectivity index (χ4v) is 6.44. The maximum atomic E-state index is 11.7. The van der Waals surface area contributed by atoms with Crippen LogP contribution in [0.15, 0.2) is 42.0 Å². The molecule has 2 saturated carbocycles.